The van der Waals surface area contributed by atoms with Crippen LogP contribution < -0.4 is 5.56 Å². The normalized spacial score (nSPS) is 11.7. The third kappa shape index (κ3) is 2.39. The van der Waals surface area contributed by atoms with E-state index in [4.69, 9.17) is 5.11 Å². The van der Waals surface area contributed by atoms with E-state index in [1.54, 1.807) is 0 Å². The Balaban J connectivity index is 3.24. The molecule has 0 aliphatic heterocycles. The highest BCUT2D eigenvalue weighted by atomic mass is 16.3. The molecule has 1 aromatic heterocycles. The molecule has 0 spiro atoms. The molecule has 0 amide bonds. The Hall–Kier alpha value is -1.16. The smallest absolute Gasteiger partial charge is 0.251 e. The molecule has 0 atom stereocenters. The largest absolute Gasteiger partial charge is 0.388 e. The zero-order valence-electron chi connectivity index (χ0n) is 8.09. The van der Waals surface area contributed by atoms with E-state index in [-0.39, 0.29) is 17.6 Å². The third-order valence-corrected chi connectivity index (χ3v) is 1.71. The molecule has 1 aromatic rings. The lowest BCUT2D eigenvalue weighted by molar-refractivity contribution is 0.269. The van der Waals surface area contributed by atoms with Crippen molar-refractivity contribution in [2.24, 2.45) is 0 Å². The molecule has 0 aliphatic rings. The molecule has 0 aliphatic carbocycles. The van der Waals surface area contributed by atoms with Crippen molar-refractivity contribution in [2.75, 3.05) is 0 Å². The minimum atomic E-state index is -0.237. The molecule has 0 aromatic carbocycles. The van der Waals surface area contributed by atoms with Gasteiger partial charge in [0.15, 0.2) is 0 Å². The van der Waals surface area contributed by atoms with Crippen molar-refractivity contribution in [3.8, 4) is 0 Å². The lowest BCUT2D eigenvalue weighted by Crippen LogP contribution is -2.21. The van der Waals surface area contributed by atoms with Crippen LogP contribution in [0.3, 0.4) is 0 Å². The summed E-state index contributed by atoms with van der Waals surface area (Å²) in [5.74, 6) is 0.317. The van der Waals surface area contributed by atoms with Gasteiger partial charge in [0, 0.05) is 11.5 Å². The summed E-state index contributed by atoms with van der Waals surface area (Å²) in [6.07, 6.45) is 0. The maximum absolute atomic E-state index is 11.1. The number of aromatic amines is 1. The quantitative estimate of drug-likeness (QED) is 0.667. The van der Waals surface area contributed by atoms with Gasteiger partial charge in [-0.15, -0.1) is 0 Å². The van der Waals surface area contributed by atoms with Crippen LogP contribution >= 0.6 is 0 Å². The van der Waals surface area contributed by atoms with E-state index >= 15 is 0 Å². The molecule has 4 nitrogen and oxygen atoms in total. The highest BCUT2D eigenvalue weighted by Gasteiger charge is 2.16. The monoisotopic (exact) mass is 182 g/mol. The summed E-state index contributed by atoms with van der Waals surface area (Å²) in [5.41, 5.74) is 0.308. The molecule has 4 heteroatoms. The Morgan fingerprint density at radius 3 is 2.62 bits per heavy atom. The van der Waals surface area contributed by atoms with Crippen molar-refractivity contribution in [1.29, 1.82) is 0 Å². The van der Waals surface area contributed by atoms with Gasteiger partial charge in [0.05, 0.1) is 5.69 Å². The standard InChI is InChI=1S/C9H14N2O2/c1-9(2,3)6-4-8(13)11-7(5-12)10-6/h4,12H,5H2,1-3H3,(H,10,11,13). The van der Waals surface area contributed by atoms with Crippen molar-refractivity contribution >= 4 is 0 Å². The number of nitrogens with zero attached hydrogens (tertiary/aromatic N) is 1. The van der Waals surface area contributed by atoms with E-state index in [2.05, 4.69) is 9.97 Å². The van der Waals surface area contributed by atoms with Gasteiger partial charge in [0.2, 0.25) is 0 Å². The van der Waals surface area contributed by atoms with Crippen LogP contribution in [0.15, 0.2) is 10.9 Å². The van der Waals surface area contributed by atoms with Crippen molar-refractivity contribution in [1.82, 2.24) is 9.97 Å². The number of hydrogen-bond donors (Lipinski definition) is 2. The zero-order chi connectivity index (χ0) is 10.1. The first-order valence-electron chi connectivity index (χ1n) is 4.15. The summed E-state index contributed by atoms with van der Waals surface area (Å²) in [6.45, 7) is 5.67. The Bertz CT molecular complexity index is 349. The Morgan fingerprint density at radius 2 is 2.15 bits per heavy atom. The van der Waals surface area contributed by atoms with Crippen molar-refractivity contribution < 1.29 is 5.11 Å². The summed E-state index contributed by atoms with van der Waals surface area (Å²) < 4.78 is 0. The topological polar surface area (TPSA) is 66.0 Å². The fourth-order valence-corrected chi connectivity index (χ4v) is 0.967. The maximum atomic E-state index is 11.1. The maximum Gasteiger partial charge on any atom is 0.251 e. The van der Waals surface area contributed by atoms with Gasteiger partial charge in [0.1, 0.15) is 12.4 Å². The van der Waals surface area contributed by atoms with Gasteiger partial charge >= 0.3 is 0 Å². The molecule has 1 rings (SSSR count). The predicted octanol–water partition coefficient (Wildman–Crippen LogP) is 0.560. The molecule has 0 fully saturated rings. The lowest BCUT2D eigenvalue weighted by atomic mass is 9.92. The Morgan fingerprint density at radius 1 is 1.54 bits per heavy atom. The summed E-state index contributed by atoms with van der Waals surface area (Å²) in [5, 5.41) is 8.82. The van der Waals surface area contributed by atoms with Crippen molar-refractivity contribution in [3.05, 3.63) is 27.9 Å². The van der Waals surface area contributed by atoms with Crippen LogP contribution in [0.4, 0.5) is 0 Å². The number of aromatic nitrogens is 2. The SMILES string of the molecule is CC(C)(C)c1cc(=O)[nH]c(CO)n1. The lowest BCUT2D eigenvalue weighted by Gasteiger charge is -2.17. The van der Waals surface area contributed by atoms with E-state index in [1.807, 2.05) is 20.8 Å². The number of aliphatic hydroxyl groups is 1. The first-order chi connectivity index (χ1) is 5.93. The zero-order valence-corrected chi connectivity index (χ0v) is 8.09. The molecule has 2 N–H and O–H groups in total. The molecule has 0 bridgehead atoms. The molecule has 0 radical (unpaired) electrons. The van der Waals surface area contributed by atoms with Crippen LogP contribution in [-0.2, 0) is 12.0 Å². The number of aliphatic hydroxyl groups excluding tert-OH is 1. The van der Waals surface area contributed by atoms with Gasteiger partial charge in [0.25, 0.3) is 5.56 Å². The summed E-state index contributed by atoms with van der Waals surface area (Å²) in [4.78, 5) is 17.7. The van der Waals surface area contributed by atoms with Crippen LogP contribution in [0.2, 0.25) is 0 Å². The first-order valence-corrected chi connectivity index (χ1v) is 4.15. The number of hydrogen-bond acceptors (Lipinski definition) is 3. The molecule has 1 heterocycles. The van der Waals surface area contributed by atoms with Crippen LogP contribution in [-0.4, -0.2) is 15.1 Å². The van der Waals surface area contributed by atoms with Crippen LogP contribution in [0.5, 0.6) is 0 Å². The van der Waals surface area contributed by atoms with Gasteiger partial charge in [-0.3, -0.25) is 4.79 Å². The number of H-pyrrole nitrogens is 1. The fraction of sp³-hybridized carbons (Fsp3) is 0.556. The minimum absolute atomic E-state index is 0.168. The van der Waals surface area contributed by atoms with E-state index in [0.717, 1.165) is 0 Å². The average Bonchev–Trinajstić information content (AvgIpc) is 2.01. The van der Waals surface area contributed by atoms with E-state index < -0.39 is 0 Å². The van der Waals surface area contributed by atoms with Gasteiger partial charge in [-0.05, 0) is 0 Å². The van der Waals surface area contributed by atoms with Crippen LogP contribution in [0, 0.1) is 0 Å². The molecule has 0 unspecified atom stereocenters. The molecule has 13 heavy (non-hydrogen) atoms. The van der Waals surface area contributed by atoms with Gasteiger partial charge in [-0.1, -0.05) is 20.8 Å². The minimum Gasteiger partial charge on any atom is -0.388 e. The molecule has 0 saturated heterocycles. The Labute approximate surface area is 76.7 Å². The van der Waals surface area contributed by atoms with E-state index in [1.165, 1.54) is 6.07 Å². The van der Waals surface area contributed by atoms with Crippen LogP contribution in [0.25, 0.3) is 0 Å². The van der Waals surface area contributed by atoms with E-state index in [9.17, 15) is 4.79 Å². The Kier molecular flexibility index (Phi) is 2.52. The second-order valence-corrected chi connectivity index (χ2v) is 3.99. The van der Waals surface area contributed by atoms with E-state index in [0.29, 0.717) is 11.5 Å². The van der Waals surface area contributed by atoms with Crippen LogP contribution in [0.1, 0.15) is 32.3 Å². The molecular weight excluding hydrogens is 168 g/mol. The number of rotatable bonds is 1. The van der Waals surface area contributed by atoms with Crippen molar-refractivity contribution in [3.63, 3.8) is 0 Å². The molecule has 0 saturated carbocycles. The summed E-state index contributed by atoms with van der Waals surface area (Å²) in [7, 11) is 0. The predicted molar refractivity (Wildman–Crippen MR) is 49.5 cm³/mol. The summed E-state index contributed by atoms with van der Waals surface area (Å²) >= 11 is 0. The second-order valence-electron chi connectivity index (χ2n) is 3.99. The third-order valence-electron chi connectivity index (χ3n) is 1.71. The van der Waals surface area contributed by atoms with Gasteiger partial charge < -0.3 is 10.1 Å². The summed E-state index contributed by atoms with van der Waals surface area (Å²) in [6, 6.07) is 1.46. The fourth-order valence-electron chi connectivity index (χ4n) is 0.967. The number of nitrogens with one attached hydrogen (secondary N) is 1. The highest BCUT2D eigenvalue weighted by molar-refractivity contribution is 5.12. The second kappa shape index (κ2) is 3.30. The molecule has 72 valence electrons. The van der Waals surface area contributed by atoms with Gasteiger partial charge in [-0.2, -0.15) is 0 Å². The van der Waals surface area contributed by atoms with Crippen molar-refractivity contribution in [2.45, 2.75) is 32.8 Å². The van der Waals surface area contributed by atoms with Gasteiger partial charge in [-0.25, -0.2) is 4.98 Å². The highest BCUT2D eigenvalue weighted by Crippen LogP contribution is 2.17. The first kappa shape index (κ1) is 9.92. The molecular formula is C9H14N2O2. The average molecular weight is 182 g/mol.